The van der Waals surface area contributed by atoms with Gasteiger partial charge in [-0.3, -0.25) is 14.6 Å². The molecule has 18 heavy (non-hydrogen) atoms. The third kappa shape index (κ3) is 2.87. The van der Waals surface area contributed by atoms with Crippen LogP contribution in [0, 0.1) is 5.92 Å². The van der Waals surface area contributed by atoms with E-state index in [1.165, 1.54) is 6.20 Å². The minimum absolute atomic E-state index is 0.158. The molecule has 0 aliphatic carbocycles. The Morgan fingerprint density at radius 1 is 1.44 bits per heavy atom. The number of carbonyl (C=O) groups is 2. The van der Waals surface area contributed by atoms with Gasteiger partial charge in [-0.1, -0.05) is 0 Å². The van der Waals surface area contributed by atoms with Crippen molar-refractivity contribution in [2.24, 2.45) is 5.92 Å². The van der Waals surface area contributed by atoms with E-state index < -0.39 is 11.9 Å². The summed E-state index contributed by atoms with van der Waals surface area (Å²) in [6.07, 6.45) is 4.46. The maximum atomic E-state index is 12.2. The second-order valence-corrected chi connectivity index (χ2v) is 5.24. The van der Waals surface area contributed by atoms with Gasteiger partial charge < -0.3 is 10.0 Å². The first-order chi connectivity index (χ1) is 8.58. The van der Waals surface area contributed by atoms with Gasteiger partial charge in [0.2, 0.25) is 0 Å². The average molecular weight is 313 g/mol. The Labute approximate surface area is 113 Å². The van der Waals surface area contributed by atoms with Gasteiger partial charge >= 0.3 is 5.97 Å². The lowest BCUT2D eigenvalue weighted by Gasteiger charge is -2.30. The monoisotopic (exact) mass is 312 g/mol. The Morgan fingerprint density at radius 2 is 2.22 bits per heavy atom. The number of carboxylic acids is 1. The molecule has 1 aromatic heterocycles. The first-order valence-electron chi connectivity index (χ1n) is 5.70. The van der Waals surface area contributed by atoms with Gasteiger partial charge in [0.05, 0.1) is 11.5 Å². The highest BCUT2D eigenvalue weighted by Crippen LogP contribution is 2.19. The average Bonchev–Trinajstić information content (AvgIpc) is 2.38. The number of hydrogen-bond donors (Lipinski definition) is 1. The normalized spacial score (nSPS) is 19.6. The fourth-order valence-corrected chi connectivity index (χ4v) is 2.44. The molecule has 1 unspecified atom stereocenters. The topological polar surface area (TPSA) is 70.5 Å². The molecule has 0 radical (unpaired) electrons. The van der Waals surface area contributed by atoms with E-state index >= 15 is 0 Å². The maximum absolute atomic E-state index is 12.2. The number of halogens is 1. The van der Waals surface area contributed by atoms with Crippen LogP contribution in [-0.4, -0.2) is 40.0 Å². The van der Waals surface area contributed by atoms with Crippen molar-refractivity contribution in [3.63, 3.8) is 0 Å². The summed E-state index contributed by atoms with van der Waals surface area (Å²) in [7, 11) is 0. The fraction of sp³-hybridized carbons (Fsp3) is 0.417. The second kappa shape index (κ2) is 5.48. The van der Waals surface area contributed by atoms with Crippen LogP contribution in [0.1, 0.15) is 23.2 Å². The van der Waals surface area contributed by atoms with Crippen LogP contribution in [0.5, 0.6) is 0 Å². The van der Waals surface area contributed by atoms with Gasteiger partial charge in [-0.15, -0.1) is 0 Å². The van der Waals surface area contributed by atoms with E-state index in [0.717, 1.165) is 10.9 Å². The SMILES string of the molecule is O=C(O)C1CCCN(C(=O)c2cncc(Br)c2)C1. The van der Waals surface area contributed by atoms with Crippen LogP contribution in [0.15, 0.2) is 22.9 Å². The predicted octanol–water partition coefficient (Wildman–Crippen LogP) is 1.78. The molecule has 0 bridgehead atoms. The number of pyridine rings is 1. The molecule has 0 aromatic carbocycles. The lowest BCUT2D eigenvalue weighted by molar-refractivity contribution is -0.143. The van der Waals surface area contributed by atoms with Gasteiger partial charge in [-0.25, -0.2) is 0 Å². The van der Waals surface area contributed by atoms with Crippen LogP contribution >= 0.6 is 15.9 Å². The molecule has 0 spiro atoms. The van der Waals surface area contributed by atoms with Crippen LogP contribution < -0.4 is 0 Å². The smallest absolute Gasteiger partial charge is 0.308 e. The van der Waals surface area contributed by atoms with Crippen LogP contribution in [0.2, 0.25) is 0 Å². The van der Waals surface area contributed by atoms with E-state index in [9.17, 15) is 9.59 Å². The molecular formula is C12H13BrN2O3. The van der Waals surface area contributed by atoms with E-state index in [1.807, 2.05) is 0 Å². The molecule has 1 amide bonds. The molecule has 1 aromatic rings. The molecule has 2 heterocycles. The van der Waals surface area contributed by atoms with Gasteiger partial charge in [0.15, 0.2) is 0 Å². The molecule has 1 atom stereocenters. The van der Waals surface area contributed by atoms with E-state index in [0.29, 0.717) is 18.5 Å². The molecule has 0 saturated carbocycles. The molecule has 1 aliphatic rings. The zero-order valence-electron chi connectivity index (χ0n) is 9.67. The third-order valence-electron chi connectivity index (χ3n) is 3.01. The van der Waals surface area contributed by atoms with Crippen LogP contribution in [0.3, 0.4) is 0 Å². The highest BCUT2D eigenvalue weighted by molar-refractivity contribution is 9.10. The Kier molecular flexibility index (Phi) is 3.96. The van der Waals surface area contributed by atoms with Gasteiger partial charge in [-0.05, 0) is 34.8 Å². The molecule has 96 valence electrons. The number of carboxylic acid groups (broad SMARTS) is 1. The number of likely N-dealkylation sites (tertiary alicyclic amines) is 1. The van der Waals surface area contributed by atoms with Crippen molar-refractivity contribution in [3.8, 4) is 0 Å². The first kappa shape index (κ1) is 13.0. The van der Waals surface area contributed by atoms with Gasteiger partial charge in [0.25, 0.3) is 5.91 Å². The lowest BCUT2D eigenvalue weighted by Crippen LogP contribution is -2.42. The van der Waals surface area contributed by atoms with Crippen molar-refractivity contribution in [1.29, 1.82) is 0 Å². The summed E-state index contributed by atoms with van der Waals surface area (Å²) in [4.78, 5) is 28.7. The van der Waals surface area contributed by atoms with Crippen LogP contribution in [0.4, 0.5) is 0 Å². The highest BCUT2D eigenvalue weighted by Gasteiger charge is 2.28. The zero-order chi connectivity index (χ0) is 13.1. The Morgan fingerprint density at radius 3 is 2.89 bits per heavy atom. The Bertz CT molecular complexity index is 478. The summed E-state index contributed by atoms with van der Waals surface area (Å²) in [6.45, 7) is 0.885. The van der Waals surface area contributed by atoms with Gasteiger partial charge in [0, 0.05) is 30.0 Å². The van der Waals surface area contributed by atoms with Crippen molar-refractivity contribution in [3.05, 3.63) is 28.5 Å². The molecule has 2 rings (SSSR count). The van der Waals surface area contributed by atoms with Crippen molar-refractivity contribution in [2.45, 2.75) is 12.8 Å². The lowest BCUT2D eigenvalue weighted by atomic mass is 9.98. The van der Waals surface area contributed by atoms with Crippen molar-refractivity contribution in [2.75, 3.05) is 13.1 Å². The first-order valence-corrected chi connectivity index (χ1v) is 6.50. The number of rotatable bonds is 2. The quantitative estimate of drug-likeness (QED) is 0.903. The largest absolute Gasteiger partial charge is 0.481 e. The standard InChI is InChI=1S/C12H13BrN2O3/c13-10-4-9(5-14-6-10)11(16)15-3-1-2-8(7-15)12(17)18/h4-6,8H,1-3,7H2,(H,17,18). The second-order valence-electron chi connectivity index (χ2n) is 4.32. The molecular weight excluding hydrogens is 300 g/mol. The number of hydrogen-bond acceptors (Lipinski definition) is 3. The summed E-state index contributed by atoms with van der Waals surface area (Å²) in [5, 5.41) is 8.99. The number of amides is 1. The third-order valence-corrected chi connectivity index (χ3v) is 3.44. The van der Waals surface area contributed by atoms with Crippen molar-refractivity contribution >= 4 is 27.8 Å². The summed E-state index contributed by atoms with van der Waals surface area (Å²) in [5.41, 5.74) is 0.482. The number of nitrogens with zero attached hydrogens (tertiary/aromatic N) is 2. The van der Waals surface area contributed by atoms with Crippen LogP contribution in [-0.2, 0) is 4.79 Å². The number of carbonyl (C=O) groups excluding carboxylic acids is 1. The van der Waals surface area contributed by atoms with Crippen LogP contribution in [0.25, 0.3) is 0 Å². The molecule has 1 saturated heterocycles. The Hall–Kier alpha value is -1.43. The summed E-state index contributed by atoms with van der Waals surface area (Å²) < 4.78 is 0.736. The van der Waals surface area contributed by atoms with Crippen molar-refractivity contribution in [1.82, 2.24) is 9.88 Å². The zero-order valence-corrected chi connectivity index (χ0v) is 11.3. The van der Waals surface area contributed by atoms with E-state index in [1.54, 1.807) is 17.2 Å². The summed E-state index contributed by atoms with van der Waals surface area (Å²) >= 11 is 3.26. The molecule has 5 nitrogen and oxygen atoms in total. The van der Waals surface area contributed by atoms with E-state index in [-0.39, 0.29) is 12.5 Å². The number of aromatic nitrogens is 1. The summed E-state index contributed by atoms with van der Waals surface area (Å²) in [6, 6.07) is 1.69. The number of piperidine rings is 1. The van der Waals surface area contributed by atoms with Gasteiger partial charge in [0.1, 0.15) is 0 Å². The van der Waals surface area contributed by atoms with Gasteiger partial charge in [-0.2, -0.15) is 0 Å². The molecule has 1 N–H and O–H groups in total. The molecule has 1 aliphatic heterocycles. The minimum Gasteiger partial charge on any atom is -0.481 e. The van der Waals surface area contributed by atoms with E-state index in [4.69, 9.17) is 5.11 Å². The summed E-state index contributed by atoms with van der Waals surface area (Å²) in [5.74, 6) is -1.45. The van der Waals surface area contributed by atoms with E-state index in [2.05, 4.69) is 20.9 Å². The highest BCUT2D eigenvalue weighted by atomic mass is 79.9. The molecule has 1 fully saturated rings. The maximum Gasteiger partial charge on any atom is 0.308 e. The van der Waals surface area contributed by atoms with Crippen molar-refractivity contribution < 1.29 is 14.7 Å². The Balaban J connectivity index is 2.11. The predicted molar refractivity (Wildman–Crippen MR) is 68.2 cm³/mol. The minimum atomic E-state index is -0.833. The number of aliphatic carboxylic acids is 1. The fourth-order valence-electron chi connectivity index (χ4n) is 2.07. The molecule has 6 heteroatoms.